The van der Waals surface area contributed by atoms with Crippen LogP contribution in [-0.4, -0.2) is 13.2 Å². The van der Waals surface area contributed by atoms with Crippen LogP contribution in [0.25, 0.3) is 0 Å². The van der Waals surface area contributed by atoms with Crippen molar-refractivity contribution in [3.63, 3.8) is 0 Å². The molecule has 5 rings (SSSR count). The van der Waals surface area contributed by atoms with Crippen LogP contribution in [0.2, 0.25) is 0 Å². The summed E-state index contributed by atoms with van der Waals surface area (Å²) < 4.78 is 5.79. The molecule has 0 aliphatic heterocycles. The summed E-state index contributed by atoms with van der Waals surface area (Å²) in [6.45, 7) is 4.07. The van der Waals surface area contributed by atoms with Crippen LogP contribution in [0, 0.1) is 41.4 Å². The zero-order valence-corrected chi connectivity index (χ0v) is 13.7. The van der Waals surface area contributed by atoms with Crippen LogP contribution in [0.5, 0.6) is 0 Å². The van der Waals surface area contributed by atoms with Crippen molar-refractivity contribution >= 4 is 0 Å². The first kappa shape index (κ1) is 13.6. The highest BCUT2D eigenvalue weighted by atomic mass is 16.5. The van der Waals surface area contributed by atoms with Gasteiger partial charge >= 0.3 is 0 Å². The van der Waals surface area contributed by atoms with E-state index in [4.69, 9.17) is 4.74 Å². The fourth-order valence-electron chi connectivity index (χ4n) is 7.28. The van der Waals surface area contributed by atoms with E-state index in [-0.39, 0.29) is 0 Å². The van der Waals surface area contributed by atoms with Crippen LogP contribution < -0.4 is 0 Å². The lowest BCUT2D eigenvalue weighted by Crippen LogP contribution is -2.36. The average Bonchev–Trinajstić information content (AvgIpc) is 3.30. The Morgan fingerprint density at radius 3 is 2.45 bits per heavy atom. The molecule has 0 aromatic heterocycles. The molecule has 4 bridgehead atoms. The van der Waals surface area contributed by atoms with Gasteiger partial charge in [0.15, 0.2) is 0 Å². The van der Waals surface area contributed by atoms with Gasteiger partial charge in [0.1, 0.15) is 0 Å². The first-order chi connectivity index (χ1) is 10.9. The second kappa shape index (κ2) is 5.09. The van der Waals surface area contributed by atoms with Crippen molar-refractivity contribution in [2.75, 3.05) is 13.2 Å². The highest BCUT2D eigenvalue weighted by Gasteiger charge is 2.64. The molecule has 0 radical (unpaired) electrons. The first-order valence-corrected chi connectivity index (χ1v) is 9.49. The topological polar surface area (TPSA) is 9.23 Å². The largest absolute Gasteiger partial charge is 0.381 e. The summed E-state index contributed by atoms with van der Waals surface area (Å²) in [4.78, 5) is 0. The van der Waals surface area contributed by atoms with Gasteiger partial charge in [0, 0.05) is 13.2 Å². The molecule has 0 N–H and O–H groups in total. The van der Waals surface area contributed by atoms with E-state index in [0.717, 1.165) is 60.6 Å². The van der Waals surface area contributed by atoms with E-state index >= 15 is 0 Å². The van der Waals surface area contributed by atoms with E-state index in [1.165, 1.54) is 25.7 Å². The predicted octanol–water partition coefficient (Wildman–Crippen LogP) is 4.73. The molecule has 1 nitrogen and oxygen atoms in total. The van der Waals surface area contributed by atoms with Crippen LogP contribution in [0.4, 0.5) is 0 Å². The standard InChI is InChI=1S/C21H28O/c1-2-22-12-16-8-14-10-18(16)20-15-9-17(19(11-15)21(14)20)13-6-4-3-5-7-13/h3-7,14-21H,2,8-12H2,1H3. The molecule has 4 aliphatic carbocycles. The van der Waals surface area contributed by atoms with Crippen LogP contribution in [0.1, 0.15) is 44.1 Å². The van der Waals surface area contributed by atoms with E-state index in [0.29, 0.717) is 0 Å². The average molecular weight is 296 g/mol. The Morgan fingerprint density at radius 2 is 1.64 bits per heavy atom. The molecule has 8 unspecified atom stereocenters. The molecule has 118 valence electrons. The van der Waals surface area contributed by atoms with Crippen LogP contribution in [-0.2, 0) is 4.74 Å². The summed E-state index contributed by atoms with van der Waals surface area (Å²) in [7, 11) is 0. The Morgan fingerprint density at radius 1 is 0.909 bits per heavy atom. The van der Waals surface area contributed by atoms with Crippen LogP contribution in [0.15, 0.2) is 30.3 Å². The molecule has 0 amide bonds. The molecule has 8 atom stereocenters. The minimum atomic E-state index is 0.872. The third-order valence-electron chi connectivity index (χ3n) is 7.72. The summed E-state index contributed by atoms with van der Waals surface area (Å²) in [6, 6.07) is 11.4. The summed E-state index contributed by atoms with van der Waals surface area (Å²) >= 11 is 0. The Balaban J connectivity index is 1.37. The molecule has 4 saturated carbocycles. The van der Waals surface area contributed by atoms with Gasteiger partial charge in [-0.2, -0.15) is 0 Å². The third-order valence-corrected chi connectivity index (χ3v) is 7.72. The molecule has 22 heavy (non-hydrogen) atoms. The van der Waals surface area contributed by atoms with Crippen molar-refractivity contribution in [1.29, 1.82) is 0 Å². The van der Waals surface area contributed by atoms with Gasteiger partial charge in [-0.3, -0.25) is 0 Å². The number of hydrogen-bond acceptors (Lipinski definition) is 1. The molecule has 4 aliphatic rings. The molecule has 0 spiro atoms. The minimum Gasteiger partial charge on any atom is -0.381 e. The maximum atomic E-state index is 5.79. The van der Waals surface area contributed by atoms with Gasteiger partial charge in [-0.15, -0.1) is 0 Å². The van der Waals surface area contributed by atoms with Crippen molar-refractivity contribution in [1.82, 2.24) is 0 Å². The van der Waals surface area contributed by atoms with Crippen molar-refractivity contribution in [3.8, 4) is 0 Å². The smallest absolute Gasteiger partial charge is 0.0496 e. The lowest BCUT2D eigenvalue weighted by atomic mass is 9.64. The lowest BCUT2D eigenvalue weighted by molar-refractivity contribution is 0.0342. The number of fused-ring (bicyclic) bond motifs is 9. The second-order valence-electron chi connectivity index (χ2n) is 8.38. The zero-order chi connectivity index (χ0) is 14.7. The third kappa shape index (κ3) is 1.81. The highest BCUT2D eigenvalue weighted by molar-refractivity contribution is 5.26. The van der Waals surface area contributed by atoms with Crippen molar-refractivity contribution < 1.29 is 4.74 Å². The summed E-state index contributed by atoms with van der Waals surface area (Å²) in [5, 5.41) is 0. The van der Waals surface area contributed by atoms with Gasteiger partial charge in [0.05, 0.1) is 0 Å². The molecule has 1 aromatic carbocycles. The number of rotatable bonds is 4. The maximum absolute atomic E-state index is 5.79. The van der Waals surface area contributed by atoms with Crippen molar-refractivity contribution in [2.24, 2.45) is 41.4 Å². The van der Waals surface area contributed by atoms with Crippen LogP contribution in [0.3, 0.4) is 0 Å². The Kier molecular flexibility index (Phi) is 3.15. The Labute approximate surface area is 134 Å². The molecule has 1 aromatic rings. The Bertz CT molecular complexity index is 538. The fourth-order valence-corrected chi connectivity index (χ4v) is 7.28. The molecular weight excluding hydrogens is 268 g/mol. The molecular formula is C21H28O. The van der Waals surface area contributed by atoms with Gasteiger partial charge in [0.25, 0.3) is 0 Å². The molecule has 4 fully saturated rings. The van der Waals surface area contributed by atoms with Crippen molar-refractivity contribution in [2.45, 2.75) is 38.5 Å². The monoisotopic (exact) mass is 296 g/mol. The number of ether oxygens (including phenoxy) is 1. The summed E-state index contributed by atoms with van der Waals surface area (Å²) in [6.07, 6.45) is 6.00. The Hall–Kier alpha value is -0.820. The van der Waals surface area contributed by atoms with E-state index in [9.17, 15) is 0 Å². The summed E-state index contributed by atoms with van der Waals surface area (Å²) in [5.41, 5.74) is 1.63. The normalized spacial score (nSPS) is 48.0. The van der Waals surface area contributed by atoms with E-state index in [1.807, 2.05) is 0 Å². The first-order valence-electron chi connectivity index (χ1n) is 9.49. The van der Waals surface area contributed by atoms with E-state index < -0.39 is 0 Å². The van der Waals surface area contributed by atoms with Gasteiger partial charge < -0.3 is 4.74 Å². The fraction of sp³-hybridized carbons (Fsp3) is 0.714. The minimum absolute atomic E-state index is 0.872. The summed E-state index contributed by atoms with van der Waals surface area (Å²) in [5.74, 6) is 7.95. The lowest BCUT2D eigenvalue weighted by Gasteiger charge is -2.41. The van der Waals surface area contributed by atoms with Gasteiger partial charge in [0.2, 0.25) is 0 Å². The highest BCUT2D eigenvalue weighted by Crippen LogP contribution is 2.71. The van der Waals surface area contributed by atoms with Gasteiger partial charge in [-0.25, -0.2) is 0 Å². The quantitative estimate of drug-likeness (QED) is 0.730. The van der Waals surface area contributed by atoms with E-state index in [2.05, 4.69) is 37.3 Å². The number of benzene rings is 1. The van der Waals surface area contributed by atoms with Crippen LogP contribution >= 0.6 is 0 Å². The molecule has 1 heteroatoms. The maximum Gasteiger partial charge on any atom is 0.0496 e. The van der Waals surface area contributed by atoms with Gasteiger partial charge in [-0.1, -0.05) is 30.3 Å². The predicted molar refractivity (Wildman–Crippen MR) is 88.6 cm³/mol. The van der Waals surface area contributed by atoms with Crippen molar-refractivity contribution in [3.05, 3.63) is 35.9 Å². The zero-order valence-electron chi connectivity index (χ0n) is 13.7. The molecule has 0 saturated heterocycles. The SMILES string of the molecule is CCOCC1CC2CC1C1C3CC(c4ccccc4)C(C3)C21. The second-order valence-corrected chi connectivity index (χ2v) is 8.38. The van der Waals surface area contributed by atoms with E-state index in [1.54, 1.807) is 5.56 Å². The number of hydrogen-bond donors (Lipinski definition) is 0. The molecule has 0 heterocycles. The van der Waals surface area contributed by atoms with Gasteiger partial charge in [-0.05, 0) is 85.5 Å².